The van der Waals surface area contributed by atoms with Gasteiger partial charge < -0.3 is 19.7 Å². The first kappa shape index (κ1) is 22.3. The van der Waals surface area contributed by atoms with Crippen LogP contribution in [0.4, 0.5) is 5.69 Å². The second kappa shape index (κ2) is 10.6. The van der Waals surface area contributed by atoms with Gasteiger partial charge in [0.15, 0.2) is 16.6 Å². The average molecular weight is 440 g/mol. The monoisotopic (exact) mass is 439 g/mol. The lowest BCUT2D eigenvalue weighted by Gasteiger charge is -2.15. The molecule has 2 aromatic carbocycles. The van der Waals surface area contributed by atoms with E-state index in [9.17, 15) is 9.59 Å². The Morgan fingerprint density at radius 3 is 2.32 bits per heavy atom. The number of hydrogen-bond donors (Lipinski definition) is 2. The van der Waals surface area contributed by atoms with Crippen molar-refractivity contribution in [2.75, 3.05) is 32.6 Å². The number of thiocarbonyl (C=S) groups is 1. The zero-order valence-corrected chi connectivity index (χ0v) is 18.3. The number of carbonyl (C=O) groups excluding carboxylic acids is 2. The Morgan fingerprint density at radius 2 is 1.68 bits per heavy atom. The smallest absolute Gasteiger partial charge is 0.253 e. The van der Waals surface area contributed by atoms with E-state index < -0.39 is 0 Å². The summed E-state index contributed by atoms with van der Waals surface area (Å²) < 4.78 is 10.5. The maximum Gasteiger partial charge on any atom is 0.253 e. The summed E-state index contributed by atoms with van der Waals surface area (Å²) in [5, 5.41) is 5.71. The van der Waals surface area contributed by atoms with Gasteiger partial charge in [0.2, 0.25) is 5.91 Å². The maximum atomic E-state index is 12.4. The van der Waals surface area contributed by atoms with Gasteiger partial charge in [0, 0.05) is 30.4 Å². The van der Waals surface area contributed by atoms with Gasteiger partial charge in [-0.1, -0.05) is 6.07 Å². The predicted molar refractivity (Wildman–Crippen MR) is 125 cm³/mol. The molecule has 3 rings (SSSR count). The van der Waals surface area contributed by atoms with Crippen molar-refractivity contribution in [3.8, 4) is 11.5 Å². The molecule has 2 aromatic rings. The molecule has 2 N–H and O–H groups in total. The van der Waals surface area contributed by atoms with Crippen LogP contribution in [0, 0.1) is 0 Å². The lowest BCUT2D eigenvalue weighted by Crippen LogP contribution is -2.32. The molecular formula is C23H25N3O4S. The number of ether oxygens (including phenoxy) is 2. The number of amides is 2. The Bertz CT molecular complexity index is 983. The summed E-state index contributed by atoms with van der Waals surface area (Å²) in [5.41, 5.74) is 2.11. The number of hydrogen-bond acceptors (Lipinski definition) is 5. The molecule has 8 heteroatoms. The highest BCUT2D eigenvalue weighted by atomic mass is 32.1. The number of carbonyl (C=O) groups is 2. The molecular weight excluding hydrogens is 414 g/mol. The third-order valence-electron chi connectivity index (χ3n) is 4.85. The van der Waals surface area contributed by atoms with Crippen LogP contribution >= 0.6 is 12.2 Å². The Morgan fingerprint density at radius 1 is 1.00 bits per heavy atom. The molecule has 1 saturated heterocycles. The van der Waals surface area contributed by atoms with Crippen molar-refractivity contribution < 1.29 is 19.1 Å². The van der Waals surface area contributed by atoms with Crippen molar-refractivity contribution >= 4 is 40.9 Å². The van der Waals surface area contributed by atoms with Gasteiger partial charge in [-0.2, -0.15) is 0 Å². The van der Waals surface area contributed by atoms with Crippen LogP contribution in [-0.2, 0) is 4.79 Å². The minimum atomic E-state index is -0.367. The Balaban J connectivity index is 1.52. The molecule has 0 bridgehead atoms. The lowest BCUT2D eigenvalue weighted by atomic mass is 10.2. The van der Waals surface area contributed by atoms with E-state index >= 15 is 0 Å². The predicted octanol–water partition coefficient (Wildman–Crippen LogP) is 3.47. The van der Waals surface area contributed by atoms with E-state index in [0.717, 1.165) is 31.5 Å². The van der Waals surface area contributed by atoms with Gasteiger partial charge in [0.1, 0.15) is 0 Å². The number of rotatable bonds is 6. The molecule has 0 aromatic heterocycles. The minimum absolute atomic E-state index is 0.0419. The second-order valence-electron chi connectivity index (χ2n) is 6.97. The normalized spacial score (nSPS) is 13.2. The molecule has 1 aliphatic heterocycles. The Hall–Kier alpha value is -3.39. The summed E-state index contributed by atoms with van der Waals surface area (Å²) in [5.74, 6) is 0.866. The van der Waals surface area contributed by atoms with E-state index in [1.807, 2.05) is 11.0 Å². The molecule has 162 valence electrons. The molecule has 0 aliphatic carbocycles. The molecule has 0 atom stereocenters. The fraction of sp³-hybridized carbons (Fsp3) is 0.261. The van der Waals surface area contributed by atoms with Gasteiger partial charge in [-0.25, -0.2) is 0 Å². The summed E-state index contributed by atoms with van der Waals surface area (Å²) in [7, 11) is 3.12. The van der Waals surface area contributed by atoms with Gasteiger partial charge in [-0.05, 0) is 73.1 Å². The molecule has 0 radical (unpaired) electrons. The topological polar surface area (TPSA) is 79.9 Å². The number of anilines is 1. The SMILES string of the molecule is COc1ccc(/C=C/C(=O)NC(=S)Nc2ccc(C(=O)N3CCCC3)cc2)cc1OC. The molecule has 31 heavy (non-hydrogen) atoms. The van der Waals surface area contributed by atoms with E-state index in [1.54, 1.807) is 56.7 Å². The summed E-state index contributed by atoms with van der Waals surface area (Å²) in [4.78, 5) is 26.4. The van der Waals surface area contributed by atoms with E-state index in [-0.39, 0.29) is 16.9 Å². The first-order chi connectivity index (χ1) is 15.0. The highest BCUT2D eigenvalue weighted by molar-refractivity contribution is 7.80. The van der Waals surface area contributed by atoms with Crippen LogP contribution in [0.1, 0.15) is 28.8 Å². The third-order valence-corrected chi connectivity index (χ3v) is 5.06. The van der Waals surface area contributed by atoms with Gasteiger partial charge in [0.05, 0.1) is 14.2 Å². The number of benzene rings is 2. The molecule has 1 aliphatic rings. The summed E-state index contributed by atoms with van der Waals surface area (Å²) in [6, 6.07) is 12.4. The van der Waals surface area contributed by atoms with E-state index in [2.05, 4.69) is 10.6 Å². The summed E-state index contributed by atoms with van der Waals surface area (Å²) in [6.07, 6.45) is 5.14. The van der Waals surface area contributed by atoms with E-state index in [4.69, 9.17) is 21.7 Å². The molecule has 2 amide bonds. The van der Waals surface area contributed by atoms with Crippen LogP contribution in [0.15, 0.2) is 48.5 Å². The van der Waals surface area contributed by atoms with Crippen LogP contribution in [0.2, 0.25) is 0 Å². The summed E-state index contributed by atoms with van der Waals surface area (Å²) in [6.45, 7) is 1.62. The number of nitrogens with one attached hydrogen (secondary N) is 2. The van der Waals surface area contributed by atoms with Gasteiger partial charge in [0.25, 0.3) is 5.91 Å². The van der Waals surface area contributed by atoms with Crippen LogP contribution in [-0.4, -0.2) is 49.1 Å². The van der Waals surface area contributed by atoms with E-state index in [1.165, 1.54) is 6.08 Å². The van der Waals surface area contributed by atoms with Gasteiger partial charge >= 0.3 is 0 Å². The largest absolute Gasteiger partial charge is 0.493 e. The minimum Gasteiger partial charge on any atom is -0.493 e. The average Bonchev–Trinajstić information content (AvgIpc) is 3.32. The van der Waals surface area contributed by atoms with Crippen LogP contribution in [0.5, 0.6) is 11.5 Å². The fourth-order valence-corrected chi connectivity index (χ4v) is 3.46. The highest BCUT2D eigenvalue weighted by Gasteiger charge is 2.19. The molecule has 0 unspecified atom stereocenters. The Labute approximate surface area is 187 Å². The molecule has 0 saturated carbocycles. The van der Waals surface area contributed by atoms with Crippen molar-refractivity contribution in [2.45, 2.75) is 12.8 Å². The standard InChI is InChI=1S/C23H25N3O4S/c1-29-19-11-5-16(15-20(19)30-2)6-12-21(27)25-23(31)24-18-9-7-17(8-10-18)22(28)26-13-3-4-14-26/h5-12,15H,3-4,13-14H2,1-2H3,(H2,24,25,27,31)/b12-6+. The zero-order valence-electron chi connectivity index (χ0n) is 17.5. The van der Waals surface area contributed by atoms with Crippen LogP contribution in [0.3, 0.4) is 0 Å². The van der Waals surface area contributed by atoms with Crippen molar-refractivity contribution in [1.82, 2.24) is 10.2 Å². The van der Waals surface area contributed by atoms with Crippen LogP contribution < -0.4 is 20.1 Å². The second-order valence-corrected chi connectivity index (χ2v) is 7.38. The van der Waals surface area contributed by atoms with Crippen molar-refractivity contribution in [2.24, 2.45) is 0 Å². The lowest BCUT2D eigenvalue weighted by molar-refractivity contribution is -0.115. The first-order valence-electron chi connectivity index (χ1n) is 9.91. The summed E-state index contributed by atoms with van der Waals surface area (Å²) >= 11 is 5.20. The van der Waals surface area contributed by atoms with Crippen molar-refractivity contribution in [1.29, 1.82) is 0 Å². The molecule has 7 nitrogen and oxygen atoms in total. The van der Waals surface area contributed by atoms with Crippen molar-refractivity contribution in [3.63, 3.8) is 0 Å². The van der Waals surface area contributed by atoms with E-state index in [0.29, 0.717) is 22.7 Å². The van der Waals surface area contributed by atoms with Crippen LogP contribution in [0.25, 0.3) is 6.08 Å². The number of likely N-dealkylation sites (tertiary alicyclic amines) is 1. The molecule has 1 heterocycles. The third kappa shape index (κ3) is 6.05. The van der Waals surface area contributed by atoms with Gasteiger partial charge in [-0.3, -0.25) is 14.9 Å². The first-order valence-corrected chi connectivity index (χ1v) is 10.3. The zero-order chi connectivity index (χ0) is 22.2. The number of nitrogens with zero attached hydrogens (tertiary/aromatic N) is 1. The molecule has 0 spiro atoms. The Kier molecular flexibility index (Phi) is 7.61. The molecule has 1 fully saturated rings. The maximum absolute atomic E-state index is 12.4. The highest BCUT2D eigenvalue weighted by Crippen LogP contribution is 2.27. The van der Waals surface area contributed by atoms with Gasteiger partial charge in [-0.15, -0.1) is 0 Å². The fourth-order valence-electron chi connectivity index (χ4n) is 3.24. The quantitative estimate of drug-likeness (QED) is 0.530. The number of methoxy groups -OCH3 is 2. The van der Waals surface area contributed by atoms with Crippen molar-refractivity contribution in [3.05, 3.63) is 59.7 Å².